The molecule has 1 aromatic heterocycles. The monoisotopic (exact) mass is 654 g/mol. The van der Waals surface area contributed by atoms with E-state index in [0.29, 0.717) is 41.1 Å². The number of carbonyl (C=O) groups is 3. The Kier molecular flexibility index (Phi) is 11.3. The lowest BCUT2D eigenvalue weighted by molar-refractivity contribution is -0.132. The number of piperazine rings is 1. The average Bonchev–Trinajstić information content (AvgIpc) is 3.54. The number of hydrogen-bond acceptors (Lipinski definition) is 7. The molecule has 3 aromatic carbocycles. The topological polar surface area (TPSA) is 120 Å². The zero-order chi connectivity index (χ0) is 34.2. The molecule has 0 radical (unpaired) electrons. The Balaban J connectivity index is 1.14. The highest BCUT2D eigenvalue weighted by Gasteiger charge is 2.21. The minimum atomic E-state index is -0.363. The quantitative estimate of drug-likeness (QED) is 0.178. The molecule has 11 heteroatoms. The normalized spacial score (nSPS) is 13.4. The van der Waals surface area contributed by atoms with Crippen molar-refractivity contribution in [1.29, 1.82) is 0 Å². The second-order valence-electron chi connectivity index (χ2n) is 12.3. The van der Waals surface area contributed by atoms with Gasteiger partial charge in [-0.1, -0.05) is 13.0 Å². The number of fused-ring (bicyclic) bond motifs is 1. The SMILES string of the molecule is CCc1nc2c(NC(=O)c3ccc(C(=O)N(C)c4ccc(OCCCCCC(=O)N5CCN(C)CC5)cc4C)cc3OC)cccc2[nH]1. The van der Waals surface area contributed by atoms with Crippen molar-refractivity contribution in [2.45, 2.75) is 46.0 Å². The number of H-pyrrole nitrogens is 1. The number of aromatic nitrogens is 2. The van der Waals surface area contributed by atoms with Crippen LogP contribution < -0.4 is 19.7 Å². The number of imidazole rings is 1. The molecule has 3 amide bonds. The van der Waals surface area contributed by atoms with Gasteiger partial charge in [-0.25, -0.2) is 4.98 Å². The number of amides is 3. The third-order valence-corrected chi connectivity index (χ3v) is 8.83. The van der Waals surface area contributed by atoms with Crippen LogP contribution in [0, 0.1) is 6.92 Å². The van der Waals surface area contributed by atoms with Crippen LogP contribution in [0.4, 0.5) is 11.4 Å². The first-order chi connectivity index (χ1) is 23.2. The molecule has 1 saturated heterocycles. The van der Waals surface area contributed by atoms with Crippen molar-refractivity contribution in [3.8, 4) is 11.5 Å². The number of hydrogen-bond donors (Lipinski definition) is 2. The van der Waals surface area contributed by atoms with Gasteiger partial charge >= 0.3 is 0 Å². The third-order valence-electron chi connectivity index (χ3n) is 8.83. The number of methoxy groups -OCH3 is 1. The van der Waals surface area contributed by atoms with E-state index in [1.165, 1.54) is 7.11 Å². The number of rotatable bonds is 13. The van der Waals surface area contributed by atoms with Crippen LogP contribution in [0.5, 0.6) is 11.5 Å². The Hall–Kier alpha value is -4.90. The van der Waals surface area contributed by atoms with E-state index in [0.717, 1.165) is 80.2 Å². The van der Waals surface area contributed by atoms with Crippen molar-refractivity contribution < 1.29 is 23.9 Å². The minimum absolute atomic E-state index is 0.239. The van der Waals surface area contributed by atoms with Gasteiger partial charge in [-0.3, -0.25) is 14.4 Å². The molecule has 1 fully saturated rings. The second kappa shape index (κ2) is 15.8. The Morgan fingerprint density at radius 2 is 1.79 bits per heavy atom. The first kappa shape index (κ1) is 34.4. The fraction of sp³-hybridized carbons (Fsp3) is 0.405. The average molecular weight is 655 g/mol. The van der Waals surface area contributed by atoms with E-state index >= 15 is 0 Å². The molecule has 0 aliphatic carbocycles. The molecule has 4 aromatic rings. The van der Waals surface area contributed by atoms with Crippen molar-refractivity contribution >= 4 is 40.1 Å². The van der Waals surface area contributed by atoms with Crippen LogP contribution in [0.2, 0.25) is 0 Å². The zero-order valence-corrected chi connectivity index (χ0v) is 28.6. The number of nitrogens with one attached hydrogen (secondary N) is 2. The maximum Gasteiger partial charge on any atom is 0.259 e. The fourth-order valence-corrected chi connectivity index (χ4v) is 5.91. The number of nitrogens with zero attached hydrogens (tertiary/aromatic N) is 4. The summed E-state index contributed by atoms with van der Waals surface area (Å²) >= 11 is 0. The van der Waals surface area contributed by atoms with Crippen molar-refractivity contribution in [2.75, 3.05) is 64.2 Å². The lowest BCUT2D eigenvalue weighted by atomic mass is 10.1. The van der Waals surface area contributed by atoms with Crippen LogP contribution in [0.3, 0.4) is 0 Å². The fourth-order valence-electron chi connectivity index (χ4n) is 5.91. The number of aryl methyl sites for hydroxylation is 2. The van der Waals surface area contributed by atoms with Gasteiger partial charge < -0.3 is 34.5 Å². The summed E-state index contributed by atoms with van der Waals surface area (Å²) in [5.74, 6) is 1.51. The summed E-state index contributed by atoms with van der Waals surface area (Å²) < 4.78 is 11.5. The summed E-state index contributed by atoms with van der Waals surface area (Å²) in [6.45, 7) is 8.03. The highest BCUT2D eigenvalue weighted by molar-refractivity contribution is 6.11. The summed E-state index contributed by atoms with van der Waals surface area (Å²) in [5.41, 5.74) is 4.45. The number of likely N-dealkylation sites (N-methyl/N-ethyl adjacent to an activating group) is 1. The van der Waals surface area contributed by atoms with E-state index in [1.807, 2.05) is 49.1 Å². The molecule has 0 bridgehead atoms. The predicted octanol–water partition coefficient (Wildman–Crippen LogP) is 5.68. The molecule has 5 rings (SSSR count). The summed E-state index contributed by atoms with van der Waals surface area (Å²) in [5, 5.41) is 2.94. The third kappa shape index (κ3) is 8.14. The zero-order valence-electron chi connectivity index (χ0n) is 28.6. The maximum atomic E-state index is 13.5. The largest absolute Gasteiger partial charge is 0.496 e. The molecule has 1 aliphatic heterocycles. The summed E-state index contributed by atoms with van der Waals surface area (Å²) in [6, 6.07) is 16.1. The molecular weight excluding hydrogens is 608 g/mol. The van der Waals surface area contributed by atoms with Gasteiger partial charge in [0.1, 0.15) is 22.8 Å². The minimum Gasteiger partial charge on any atom is -0.496 e. The van der Waals surface area contributed by atoms with Gasteiger partial charge in [0.05, 0.1) is 30.5 Å². The van der Waals surface area contributed by atoms with Crippen LogP contribution in [0.15, 0.2) is 54.6 Å². The van der Waals surface area contributed by atoms with Crippen LogP contribution in [-0.4, -0.2) is 91.5 Å². The molecule has 0 spiro atoms. The van der Waals surface area contributed by atoms with Crippen LogP contribution in [0.1, 0.15) is 64.7 Å². The molecule has 254 valence electrons. The Labute approximate surface area is 282 Å². The first-order valence-corrected chi connectivity index (χ1v) is 16.6. The van der Waals surface area contributed by atoms with Crippen molar-refractivity contribution in [1.82, 2.24) is 19.8 Å². The van der Waals surface area contributed by atoms with Crippen LogP contribution in [-0.2, 0) is 11.2 Å². The molecule has 0 unspecified atom stereocenters. The van der Waals surface area contributed by atoms with Gasteiger partial charge in [0.2, 0.25) is 5.91 Å². The first-order valence-electron chi connectivity index (χ1n) is 16.6. The Morgan fingerprint density at radius 1 is 1.00 bits per heavy atom. The summed E-state index contributed by atoms with van der Waals surface area (Å²) in [7, 11) is 5.28. The number of aromatic amines is 1. The lowest BCUT2D eigenvalue weighted by Gasteiger charge is -2.32. The highest BCUT2D eigenvalue weighted by atomic mass is 16.5. The lowest BCUT2D eigenvalue weighted by Crippen LogP contribution is -2.47. The smallest absolute Gasteiger partial charge is 0.259 e. The standard InChI is InChI=1S/C37H46N6O5/c1-6-33-38-29-11-10-12-30(35(29)40-33)39-36(45)28-16-14-26(24-32(28)47-5)37(46)42(4)31-17-15-27(23-25(31)2)48-22-9-7-8-13-34(44)43-20-18-41(3)19-21-43/h10-12,14-17,23-24H,6-9,13,18-22H2,1-5H3,(H,38,40)(H,39,45). The number of anilines is 2. The molecule has 2 N–H and O–H groups in total. The van der Waals surface area contributed by atoms with Crippen LogP contribution in [0.25, 0.3) is 11.0 Å². The number of unbranched alkanes of at least 4 members (excludes halogenated alkanes) is 2. The Bertz CT molecular complexity index is 1760. The van der Waals surface area contributed by atoms with E-state index in [1.54, 1.807) is 36.2 Å². The van der Waals surface area contributed by atoms with Gasteiger partial charge in [0.25, 0.3) is 11.8 Å². The van der Waals surface area contributed by atoms with Gasteiger partial charge in [-0.2, -0.15) is 0 Å². The molecule has 1 aliphatic rings. The van der Waals surface area contributed by atoms with Crippen LogP contribution >= 0.6 is 0 Å². The second-order valence-corrected chi connectivity index (χ2v) is 12.3. The summed E-state index contributed by atoms with van der Waals surface area (Å²) in [4.78, 5) is 52.9. The van der Waals surface area contributed by atoms with E-state index in [2.05, 4.69) is 27.2 Å². The molecule has 48 heavy (non-hydrogen) atoms. The number of ether oxygens (including phenoxy) is 2. The van der Waals surface area contributed by atoms with Gasteiger partial charge in [-0.05, 0) is 87.3 Å². The van der Waals surface area contributed by atoms with Gasteiger partial charge in [0.15, 0.2) is 0 Å². The maximum absolute atomic E-state index is 13.5. The van der Waals surface area contributed by atoms with E-state index in [4.69, 9.17) is 9.47 Å². The number of para-hydroxylation sites is 1. The molecule has 0 saturated carbocycles. The predicted molar refractivity (Wildman–Crippen MR) is 188 cm³/mol. The highest BCUT2D eigenvalue weighted by Crippen LogP contribution is 2.29. The van der Waals surface area contributed by atoms with Crippen molar-refractivity contribution in [3.63, 3.8) is 0 Å². The van der Waals surface area contributed by atoms with Crippen molar-refractivity contribution in [2.24, 2.45) is 0 Å². The molecule has 2 heterocycles. The van der Waals surface area contributed by atoms with E-state index in [9.17, 15) is 14.4 Å². The van der Waals surface area contributed by atoms with E-state index in [-0.39, 0.29) is 17.7 Å². The number of carbonyl (C=O) groups excluding carboxylic acids is 3. The van der Waals surface area contributed by atoms with Crippen molar-refractivity contribution in [3.05, 3.63) is 77.1 Å². The number of benzene rings is 3. The molecule has 11 nitrogen and oxygen atoms in total. The molecular formula is C37H46N6O5. The van der Waals surface area contributed by atoms with Gasteiger partial charge in [-0.15, -0.1) is 0 Å². The summed E-state index contributed by atoms with van der Waals surface area (Å²) in [6.07, 6.45) is 3.99. The molecule has 0 atom stereocenters. The van der Waals surface area contributed by atoms with E-state index < -0.39 is 0 Å². The van der Waals surface area contributed by atoms with Gasteiger partial charge in [0, 0.05) is 57.3 Å². The Morgan fingerprint density at radius 3 is 2.52 bits per heavy atom.